The average Bonchev–Trinajstić information content (AvgIpc) is 2.42. The summed E-state index contributed by atoms with van der Waals surface area (Å²) >= 11 is 0. The second kappa shape index (κ2) is 2.44. The maximum absolute atomic E-state index is 10.7. The van der Waals surface area contributed by atoms with Crippen LogP contribution in [0.25, 0.3) is 0 Å². The lowest BCUT2D eigenvalue weighted by Gasteiger charge is -1.89. The molecule has 0 radical (unpaired) electrons. The van der Waals surface area contributed by atoms with E-state index in [1.807, 2.05) is 0 Å². The fourth-order valence-electron chi connectivity index (χ4n) is 0.968. The monoisotopic (exact) mass is 176 g/mol. The molecule has 1 aromatic heterocycles. The first kappa shape index (κ1) is 7.53. The lowest BCUT2D eigenvalue weighted by molar-refractivity contribution is 0.0999. The summed E-state index contributed by atoms with van der Waals surface area (Å²) in [6, 6.07) is 0.781. The lowest BCUT2D eigenvalue weighted by atomic mass is 10.3. The first-order valence-corrected chi connectivity index (χ1v) is 3.44. The van der Waals surface area contributed by atoms with Crippen LogP contribution in [0.3, 0.4) is 0 Å². The van der Waals surface area contributed by atoms with Crippen LogP contribution in [-0.2, 0) is 0 Å². The Kier molecular flexibility index (Phi) is 1.42. The van der Waals surface area contributed by atoms with Crippen molar-refractivity contribution >= 4 is 11.9 Å². The molecule has 0 unspecified atom stereocenters. The van der Waals surface area contributed by atoms with E-state index in [4.69, 9.17) is 5.73 Å². The van der Waals surface area contributed by atoms with Gasteiger partial charge in [0.2, 0.25) is 5.91 Å². The van der Waals surface area contributed by atoms with Crippen molar-refractivity contribution < 1.29 is 9.59 Å². The van der Waals surface area contributed by atoms with E-state index in [9.17, 15) is 9.59 Å². The molecule has 1 aromatic rings. The van der Waals surface area contributed by atoms with Gasteiger partial charge in [-0.25, -0.2) is 9.78 Å². The number of carbonyl (C=O) groups is 2. The van der Waals surface area contributed by atoms with Crippen molar-refractivity contribution in [1.82, 2.24) is 4.98 Å². The van der Waals surface area contributed by atoms with Crippen LogP contribution in [0.4, 0.5) is 4.79 Å². The van der Waals surface area contributed by atoms with Gasteiger partial charge in [-0.05, 0) is 6.07 Å². The number of hydrogen-bond acceptors (Lipinski definition) is 3. The van der Waals surface area contributed by atoms with E-state index in [1.54, 1.807) is 0 Å². The van der Waals surface area contributed by atoms with Crippen LogP contribution in [0.5, 0.6) is 0 Å². The van der Waals surface area contributed by atoms with Crippen molar-refractivity contribution in [1.29, 1.82) is 0 Å². The highest BCUT2D eigenvalue weighted by atomic mass is 16.2. The molecular weight excluding hydrogens is 172 g/mol. The molecule has 0 saturated heterocycles. The number of carbonyl (C=O) groups excluding carboxylic acids is 2. The predicted molar refractivity (Wildman–Crippen MR) is 40.5 cm³/mol. The molecule has 0 saturated carbocycles. The van der Waals surface area contributed by atoms with Gasteiger partial charge in [-0.1, -0.05) is 0 Å². The molecule has 0 spiro atoms. The molecule has 6 nitrogen and oxygen atoms in total. The highest BCUT2D eigenvalue weighted by Gasteiger charge is 2.08. The largest absolute Gasteiger partial charge is 0.369 e. The molecule has 0 fully saturated rings. The van der Waals surface area contributed by atoms with E-state index < -0.39 is 11.9 Å². The highest BCUT2D eigenvalue weighted by Crippen LogP contribution is 1.89. The number of primary amides is 1. The SMILES string of the molecule is NC(=O)c1cnc2c(c1)=NC(=O)N=2. The van der Waals surface area contributed by atoms with Gasteiger partial charge < -0.3 is 5.73 Å². The summed E-state index contributed by atoms with van der Waals surface area (Å²) in [4.78, 5) is 32.2. The van der Waals surface area contributed by atoms with Gasteiger partial charge >= 0.3 is 6.03 Å². The van der Waals surface area contributed by atoms with Gasteiger partial charge in [-0.3, -0.25) is 4.79 Å². The summed E-state index contributed by atoms with van der Waals surface area (Å²) in [6.45, 7) is 0. The van der Waals surface area contributed by atoms with Gasteiger partial charge in [0, 0.05) is 6.20 Å². The number of fused-ring (bicyclic) bond motifs is 1. The van der Waals surface area contributed by atoms with E-state index in [0.29, 0.717) is 5.36 Å². The van der Waals surface area contributed by atoms with Gasteiger partial charge in [-0.15, -0.1) is 0 Å². The number of nitrogens with two attached hydrogens (primary N) is 1. The number of pyridine rings is 1. The lowest BCUT2D eigenvalue weighted by Crippen LogP contribution is -2.28. The molecule has 13 heavy (non-hydrogen) atoms. The Bertz CT molecular complexity index is 520. The van der Waals surface area contributed by atoms with Crippen molar-refractivity contribution in [2.24, 2.45) is 15.7 Å². The van der Waals surface area contributed by atoms with Crippen molar-refractivity contribution in [3.05, 3.63) is 28.7 Å². The maximum Gasteiger partial charge on any atom is 0.369 e. The van der Waals surface area contributed by atoms with Crippen LogP contribution in [0.15, 0.2) is 22.2 Å². The first-order chi connectivity index (χ1) is 6.16. The van der Waals surface area contributed by atoms with Crippen LogP contribution in [0, 0.1) is 0 Å². The average molecular weight is 176 g/mol. The zero-order valence-corrected chi connectivity index (χ0v) is 6.39. The van der Waals surface area contributed by atoms with E-state index in [1.165, 1.54) is 12.3 Å². The standard InChI is InChI=1S/C7H4N4O2/c8-5(12)3-1-4-6(9-2-3)11-7(13)10-4/h1-2H,(H2,8,12). The molecule has 0 aliphatic carbocycles. The normalized spacial score (nSPS) is 13.1. The second-order valence-corrected chi connectivity index (χ2v) is 2.44. The Morgan fingerprint density at radius 3 is 2.85 bits per heavy atom. The van der Waals surface area contributed by atoms with Crippen LogP contribution in [0.2, 0.25) is 0 Å². The summed E-state index contributed by atoms with van der Waals surface area (Å²) in [5.74, 6) is -0.607. The Morgan fingerprint density at radius 2 is 2.15 bits per heavy atom. The van der Waals surface area contributed by atoms with E-state index in [-0.39, 0.29) is 11.1 Å². The number of urea groups is 1. The molecule has 0 bridgehead atoms. The van der Waals surface area contributed by atoms with Crippen molar-refractivity contribution in [2.45, 2.75) is 0 Å². The second-order valence-electron chi connectivity index (χ2n) is 2.44. The highest BCUT2D eigenvalue weighted by molar-refractivity contribution is 5.92. The number of aromatic nitrogens is 1. The fraction of sp³-hybridized carbons (Fsp3) is 0. The minimum absolute atomic E-state index is 0.215. The molecular formula is C7H4N4O2. The zero-order chi connectivity index (χ0) is 9.42. The summed E-state index contributed by atoms with van der Waals surface area (Å²) in [5.41, 5.74) is 5.45. The molecule has 2 N–H and O–H groups in total. The predicted octanol–water partition coefficient (Wildman–Crippen LogP) is -1.45. The van der Waals surface area contributed by atoms with Gasteiger partial charge in [0.1, 0.15) is 5.36 Å². The summed E-state index contributed by atoms with van der Waals surface area (Å²) < 4.78 is 0. The van der Waals surface area contributed by atoms with Crippen LogP contribution in [0.1, 0.15) is 10.4 Å². The Labute approximate surface area is 71.8 Å². The maximum atomic E-state index is 10.7. The van der Waals surface area contributed by atoms with Gasteiger partial charge in [-0.2, -0.15) is 9.98 Å². The van der Waals surface area contributed by atoms with Crippen molar-refractivity contribution in [3.8, 4) is 0 Å². The minimum atomic E-state index is -0.607. The van der Waals surface area contributed by atoms with Crippen molar-refractivity contribution in [2.75, 3.05) is 0 Å². The zero-order valence-electron chi connectivity index (χ0n) is 6.39. The molecule has 64 valence electrons. The number of nitrogens with zero attached hydrogens (tertiary/aromatic N) is 3. The Morgan fingerprint density at radius 1 is 1.38 bits per heavy atom. The van der Waals surface area contributed by atoms with Gasteiger partial charge in [0.25, 0.3) is 0 Å². The third-order valence-electron chi connectivity index (χ3n) is 1.55. The molecule has 1 aliphatic heterocycles. The number of amides is 3. The van der Waals surface area contributed by atoms with Gasteiger partial charge in [0.15, 0.2) is 5.49 Å². The summed E-state index contributed by atoms with van der Waals surface area (Å²) in [6.07, 6.45) is 1.26. The fourth-order valence-corrected chi connectivity index (χ4v) is 0.968. The van der Waals surface area contributed by atoms with E-state index in [0.717, 1.165) is 0 Å². The van der Waals surface area contributed by atoms with Gasteiger partial charge in [0.05, 0.1) is 5.56 Å². The quantitative estimate of drug-likeness (QED) is 0.566. The Hall–Kier alpha value is -2.11. The molecule has 0 aromatic carbocycles. The molecule has 2 heterocycles. The summed E-state index contributed by atoms with van der Waals surface area (Å²) in [5, 5.41) is 0.293. The molecule has 3 amide bonds. The Balaban J connectivity index is 2.73. The first-order valence-electron chi connectivity index (χ1n) is 3.44. The molecule has 0 atom stereocenters. The van der Waals surface area contributed by atoms with E-state index in [2.05, 4.69) is 15.0 Å². The third-order valence-corrected chi connectivity index (χ3v) is 1.55. The number of hydrogen-bond donors (Lipinski definition) is 1. The van der Waals surface area contributed by atoms with E-state index >= 15 is 0 Å². The smallest absolute Gasteiger partial charge is 0.366 e. The summed E-state index contributed by atoms with van der Waals surface area (Å²) in [7, 11) is 0. The molecule has 6 heteroatoms. The topological polar surface area (TPSA) is 97.8 Å². The third kappa shape index (κ3) is 1.18. The molecule has 2 rings (SSSR count). The van der Waals surface area contributed by atoms with Crippen LogP contribution >= 0.6 is 0 Å². The molecule has 1 aliphatic rings. The van der Waals surface area contributed by atoms with Crippen LogP contribution in [-0.4, -0.2) is 16.9 Å². The van der Waals surface area contributed by atoms with Crippen molar-refractivity contribution in [3.63, 3.8) is 0 Å². The van der Waals surface area contributed by atoms with Crippen LogP contribution < -0.4 is 16.6 Å². The number of rotatable bonds is 1. The minimum Gasteiger partial charge on any atom is -0.366 e.